The van der Waals surface area contributed by atoms with Crippen molar-refractivity contribution in [3.63, 3.8) is 0 Å². The molecule has 166 valence electrons. The number of fused-ring (bicyclic) bond motifs is 5. The Balaban J connectivity index is 1.27. The second kappa shape index (κ2) is 8.65. The summed E-state index contributed by atoms with van der Waals surface area (Å²) in [4.78, 5) is 51.5. The molecule has 9 heteroatoms. The van der Waals surface area contributed by atoms with Gasteiger partial charge in [-0.3, -0.25) is 24.1 Å². The third-order valence-electron chi connectivity index (χ3n) is 6.73. The lowest BCUT2D eigenvalue weighted by Crippen LogP contribution is -2.37. The van der Waals surface area contributed by atoms with Gasteiger partial charge in [0.1, 0.15) is 0 Å². The topological polar surface area (TPSA) is 92.8 Å². The van der Waals surface area contributed by atoms with Crippen molar-refractivity contribution >= 4 is 61.2 Å². The zero-order valence-corrected chi connectivity index (χ0v) is 20.4. The van der Waals surface area contributed by atoms with Gasteiger partial charge in [0, 0.05) is 21.9 Å². The lowest BCUT2D eigenvalue weighted by atomic mass is 9.81. The van der Waals surface area contributed by atoms with Gasteiger partial charge in [-0.05, 0) is 43.2 Å². The molecule has 1 N–H and O–H groups in total. The Bertz CT molecular complexity index is 900. The number of hydrogen-bond donors (Lipinski definition) is 1. The summed E-state index contributed by atoms with van der Waals surface area (Å²) in [6, 6.07) is 5.67. The molecule has 2 saturated carbocycles. The number of benzene rings is 1. The van der Waals surface area contributed by atoms with Crippen LogP contribution in [0.25, 0.3) is 0 Å². The number of rotatable bonds is 6. The first-order valence-corrected chi connectivity index (χ1v) is 12.2. The summed E-state index contributed by atoms with van der Waals surface area (Å²) in [5.41, 5.74) is 2.54. The van der Waals surface area contributed by atoms with Crippen LogP contribution in [0.1, 0.15) is 24.0 Å². The zero-order chi connectivity index (χ0) is 22.4. The first kappa shape index (κ1) is 22.5. The average molecular weight is 556 g/mol. The molecule has 3 fully saturated rings. The van der Waals surface area contributed by atoms with Crippen LogP contribution >= 0.6 is 31.9 Å². The van der Waals surface area contributed by atoms with Crippen molar-refractivity contribution in [2.24, 2.45) is 23.7 Å². The van der Waals surface area contributed by atoms with Crippen LogP contribution in [0.2, 0.25) is 0 Å². The lowest BCUT2D eigenvalue weighted by Gasteiger charge is -2.28. The molecule has 0 unspecified atom stereocenters. The summed E-state index contributed by atoms with van der Waals surface area (Å²) in [6.07, 6.45) is 0.739. The highest BCUT2D eigenvalue weighted by Gasteiger charge is 2.66. The van der Waals surface area contributed by atoms with Crippen molar-refractivity contribution in [2.75, 3.05) is 18.5 Å². The molecule has 1 aliphatic heterocycles. The van der Waals surface area contributed by atoms with E-state index in [0.717, 1.165) is 17.5 Å². The van der Waals surface area contributed by atoms with Crippen LogP contribution in [-0.4, -0.2) is 51.4 Å². The SMILES string of the molecule is Cc1cccc(C)c1NC(=O)COC(=O)CCN1C(=O)[C@@H]2[C@H]3C[C@@H]([C@H](Br)[C@@H]3Br)[C@@H]2C1=O. The molecule has 3 amide bonds. The van der Waals surface area contributed by atoms with Crippen LogP contribution in [0.15, 0.2) is 18.2 Å². The van der Waals surface area contributed by atoms with Crippen molar-refractivity contribution in [3.8, 4) is 0 Å². The molecule has 1 aromatic rings. The molecule has 2 aliphatic carbocycles. The minimum Gasteiger partial charge on any atom is -0.456 e. The van der Waals surface area contributed by atoms with Gasteiger partial charge in [-0.25, -0.2) is 0 Å². The maximum atomic E-state index is 12.8. The summed E-state index contributed by atoms with van der Waals surface area (Å²) in [5.74, 6) is -1.74. The number of carbonyl (C=O) groups excluding carboxylic acids is 4. The van der Waals surface area contributed by atoms with E-state index in [1.165, 1.54) is 4.90 Å². The van der Waals surface area contributed by atoms with Crippen molar-refractivity contribution in [3.05, 3.63) is 29.3 Å². The number of amides is 3. The predicted octanol–water partition coefficient (Wildman–Crippen LogP) is 2.95. The quantitative estimate of drug-likeness (QED) is 0.331. The molecular weight excluding hydrogens is 532 g/mol. The van der Waals surface area contributed by atoms with Gasteiger partial charge < -0.3 is 10.1 Å². The predicted molar refractivity (Wildman–Crippen MR) is 121 cm³/mol. The highest BCUT2D eigenvalue weighted by molar-refractivity contribution is 9.12. The number of imide groups is 1. The fourth-order valence-electron chi connectivity index (χ4n) is 5.24. The Morgan fingerprint density at radius 1 is 1.06 bits per heavy atom. The van der Waals surface area contributed by atoms with Gasteiger partial charge in [-0.1, -0.05) is 50.1 Å². The number of aryl methyl sites for hydroxylation is 2. The highest BCUT2D eigenvalue weighted by atomic mass is 79.9. The van der Waals surface area contributed by atoms with E-state index in [1.807, 2.05) is 32.0 Å². The summed E-state index contributed by atoms with van der Waals surface area (Å²) in [6.45, 7) is 3.34. The minimum absolute atomic E-state index is 0.0125. The molecule has 2 bridgehead atoms. The van der Waals surface area contributed by atoms with Gasteiger partial charge in [0.15, 0.2) is 6.61 Å². The van der Waals surface area contributed by atoms with Crippen LogP contribution in [0, 0.1) is 37.5 Å². The van der Waals surface area contributed by atoms with Crippen molar-refractivity contribution in [1.29, 1.82) is 0 Å². The molecule has 7 nitrogen and oxygen atoms in total. The third-order valence-corrected chi connectivity index (χ3v) is 9.93. The summed E-state index contributed by atoms with van der Waals surface area (Å²) >= 11 is 7.30. The average Bonchev–Trinajstić information content (AvgIpc) is 3.33. The fraction of sp³-hybridized carbons (Fsp3) is 0.545. The standard InChI is InChI=1S/C22H24Br2N2O5/c1-10-4-3-5-11(2)20(10)25-14(27)9-31-15(28)6-7-26-21(29)16-12-8-13(17(16)22(26)30)19(24)18(12)23/h3-5,12-13,16-19H,6-9H2,1-2H3,(H,25,27)/t12-,13-,16-,17+,18-,19+/m1/s1. The van der Waals surface area contributed by atoms with Crippen LogP contribution in [0.4, 0.5) is 5.69 Å². The normalized spacial score (nSPS) is 31.2. The number of esters is 1. The molecule has 0 radical (unpaired) electrons. The Kier molecular flexibility index (Phi) is 6.27. The largest absolute Gasteiger partial charge is 0.456 e. The number of halogens is 2. The first-order valence-electron chi connectivity index (χ1n) is 10.4. The molecule has 0 aromatic heterocycles. The van der Waals surface area contributed by atoms with Crippen LogP contribution in [0.5, 0.6) is 0 Å². The summed E-state index contributed by atoms with van der Waals surface area (Å²) in [7, 11) is 0. The molecule has 6 atom stereocenters. The fourth-order valence-corrected chi connectivity index (χ4v) is 7.11. The van der Waals surface area contributed by atoms with Gasteiger partial charge >= 0.3 is 5.97 Å². The van der Waals surface area contributed by atoms with Crippen molar-refractivity contribution < 1.29 is 23.9 Å². The summed E-state index contributed by atoms with van der Waals surface area (Å²) < 4.78 is 5.05. The minimum atomic E-state index is -0.617. The molecular formula is C22H24Br2N2O5. The zero-order valence-electron chi connectivity index (χ0n) is 17.3. The van der Waals surface area contributed by atoms with Crippen molar-refractivity contribution in [1.82, 2.24) is 4.90 Å². The molecule has 3 aliphatic rings. The van der Waals surface area contributed by atoms with E-state index in [1.54, 1.807) is 0 Å². The van der Waals surface area contributed by atoms with E-state index in [-0.39, 0.29) is 58.1 Å². The molecule has 1 saturated heterocycles. The van der Waals surface area contributed by atoms with Crippen LogP contribution in [-0.2, 0) is 23.9 Å². The van der Waals surface area contributed by atoms with E-state index in [0.29, 0.717) is 5.69 Å². The molecule has 1 aromatic carbocycles. The molecule has 0 spiro atoms. The molecule has 31 heavy (non-hydrogen) atoms. The third kappa shape index (κ3) is 3.95. The number of likely N-dealkylation sites (tertiary alicyclic amines) is 1. The van der Waals surface area contributed by atoms with Crippen molar-refractivity contribution in [2.45, 2.75) is 36.3 Å². The van der Waals surface area contributed by atoms with E-state index >= 15 is 0 Å². The van der Waals surface area contributed by atoms with Crippen LogP contribution in [0.3, 0.4) is 0 Å². The van der Waals surface area contributed by atoms with E-state index < -0.39 is 18.5 Å². The van der Waals surface area contributed by atoms with Gasteiger partial charge in [-0.2, -0.15) is 0 Å². The number of ether oxygens (including phenoxy) is 1. The Morgan fingerprint density at radius 3 is 2.16 bits per heavy atom. The number of alkyl halides is 2. The summed E-state index contributed by atoms with van der Waals surface area (Å²) in [5, 5.41) is 2.75. The van der Waals surface area contributed by atoms with Gasteiger partial charge in [0.25, 0.3) is 5.91 Å². The Morgan fingerprint density at radius 2 is 1.61 bits per heavy atom. The van der Waals surface area contributed by atoms with Gasteiger partial charge in [0.2, 0.25) is 11.8 Å². The Labute approximate surface area is 197 Å². The lowest BCUT2D eigenvalue weighted by molar-refractivity contribution is -0.149. The Hall–Kier alpha value is -1.74. The number of nitrogens with zero attached hydrogens (tertiary/aromatic N) is 1. The number of hydrogen-bond acceptors (Lipinski definition) is 5. The number of para-hydroxylation sites is 1. The van der Waals surface area contributed by atoms with E-state index in [9.17, 15) is 19.2 Å². The highest BCUT2D eigenvalue weighted by Crippen LogP contribution is 2.60. The van der Waals surface area contributed by atoms with E-state index in [2.05, 4.69) is 37.2 Å². The maximum Gasteiger partial charge on any atom is 0.308 e. The second-order valence-corrected chi connectivity index (χ2v) is 10.7. The molecule has 1 heterocycles. The van der Waals surface area contributed by atoms with Gasteiger partial charge in [0.05, 0.1) is 18.3 Å². The number of nitrogens with one attached hydrogen (secondary N) is 1. The van der Waals surface area contributed by atoms with Gasteiger partial charge in [-0.15, -0.1) is 0 Å². The second-order valence-electron chi connectivity index (χ2n) is 8.56. The maximum absolute atomic E-state index is 12.8. The first-order chi connectivity index (χ1) is 14.7. The smallest absolute Gasteiger partial charge is 0.308 e. The number of carbonyl (C=O) groups is 4. The molecule has 4 rings (SSSR count). The van der Waals surface area contributed by atoms with Crippen LogP contribution < -0.4 is 5.32 Å². The van der Waals surface area contributed by atoms with E-state index in [4.69, 9.17) is 4.74 Å². The number of anilines is 1. The monoisotopic (exact) mass is 554 g/mol.